The number of aryl methyl sites for hydroxylation is 1. The number of carbonyl (C=O) groups is 1. The molecule has 0 amide bonds. The Morgan fingerprint density at radius 1 is 1.10 bits per heavy atom. The molecule has 0 bridgehead atoms. The molecule has 2 N–H and O–H groups in total. The lowest BCUT2D eigenvalue weighted by Crippen LogP contribution is -2.13. The number of H-pyrrole nitrogens is 1. The zero-order valence-electron chi connectivity index (χ0n) is 21.9. The van der Waals surface area contributed by atoms with Gasteiger partial charge in [0.25, 0.3) is 0 Å². The van der Waals surface area contributed by atoms with Crippen molar-refractivity contribution in [2.45, 2.75) is 32.6 Å². The lowest BCUT2D eigenvalue weighted by atomic mass is 10.0. The second-order valence-electron chi connectivity index (χ2n) is 9.23. The predicted octanol–water partition coefficient (Wildman–Crippen LogP) is 6.37. The number of rotatable bonds is 6. The van der Waals surface area contributed by atoms with E-state index in [1.807, 2.05) is 19.1 Å². The molecule has 1 aromatic heterocycles. The summed E-state index contributed by atoms with van der Waals surface area (Å²) in [5.74, 6) is -1.44. The first-order valence-electron chi connectivity index (χ1n) is 13.1. The van der Waals surface area contributed by atoms with Gasteiger partial charge >= 0.3 is 5.97 Å². The Kier molecular flexibility index (Phi) is 8.23. The van der Waals surface area contributed by atoms with E-state index in [2.05, 4.69) is 21.4 Å². The summed E-state index contributed by atoms with van der Waals surface area (Å²) >= 11 is 0. The van der Waals surface area contributed by atoms with Crippen molar-refractivity contribution >= 4 is 11.7 Å². The van der Waals surface area contributed by atoms with E-state index in [4.69, 9.17) is 14.2 Å². The Bertz CT molecular complexity index is 1510. The van der Waals surface area contributed by atoms with Gasteiger partial charge in [0.15, 0.2) is 17.4 Å². The third-order valence-electron chi connectivity index (χ3n) is 6.53. The van der Waals surface area contributed by atoms with Gasteiger partial charge in [0.05, 0.1) is 25.2 Å². The second kappa shape index (κ2) is 12.1. The molecule has 2 aliphatic rings. The van der Waals surface area contributed by atoms with Crippen LogP contribution in [0.2, 0.25) is 0 Å². The molecule has 0 unspecified atom stereocenters. The summed E-state index contributed by atoms with van der Waals surface area (Å²) in [4.78, 5) is 18.2. The first-order valence-corrected chi connectivity index (χ1v) is 13.1. The monoisotopic (exact) mass is 551 g/mol. The van der Waals surface area contributed by atoms with E-state index in [1.165, 1.54) is 30.0 Å². The van der Waals surface area contributed by atoms with Crippen molar-refractivity contribution in [1.29, 1.82) is 0 Å². The summed E-state index contributed by atoms with van der Waals surface area (Å²) in [6.07, 6.45) is 5.88. The minimum atomic E-state index is -0.815. The Labute approximate surface area is 229 Å². The van der Waals surface area contributed by atoms with E-state index in [0.29, 0.717) is 43.1 Å². The summed E-state index contributed by atoms with van der Waals surface area (Å²) in [7, 11) is 0. The van der Waals surface area contributed by atoms with Crippen LogP contribution in [0.1, 0.15) is 30.0 Å². The highest BCUT2D eigenvalue weighted by Gasteiger charge is 2.24. The molecule has 0 atom stereocenters. The minimum Gasteiger partial charge on any atom is -0.493 e. The molecule has 2 aliphatic heterocycles. The maximum absolute atomic E-state index is 14.5. The number of halogens is 3. The number of nitrogens with zero attached hydrogens (tertiary/aromatic N) is 1. The normalized spacial score (nSPS) is 13.2. The zero-order chi connectivity index (χ0) is 28.1. The topological polar surface area (TPSA) is 85.5 Å². The maximum Gasteiger partial charge on any atom is 0.310 e. The van der Waals surface area contributed by atoms with Gasteiger partial charge in [-0.15, -0.1) is 0 Å². The van der Waals surface area contributed by atoms with E-state index < -0.39 is 23.2 Å². The van der Waals surface area contributed by atoms with Crippen LogP contribution in [0.3, 0.4) is 0 Å². The molecule has 0 aliphatic carbocycles. The van der Waals surface area contributed by atoms with E-state index in [1.54, 1.807) is 6.20 Å². The first kappa shape index (κ1) is 27.1. The summed E-state index contributed by atoms with van der Waals surface area (Å²) in [6.45, 7) is 3.53. The van der Waals surface area contributed by atoms with E-state index in [0.717, 1.165) is 36.8 Å². The number of ether oxygens (including phenoxy) is 3. The van der Waals surface area contributed by atoms with Crippen LogP contribution < -0.4 is 14.8 Å². The zero-order valence-corrected chi connectivity index (χ0v) is 21.9. The number of para-hydroxylation sites is 1. The summed E-state index contributed by atoms with van der Waals surface area (Å²) < 4.78 is 58.5. The average molecular weight is 552 g/mol. The van der Waals surface area contributed by atoms with Gasteiger partial charge in [-0.05, 0) is 49.9 Å². The second-order valence-corrected chi connectivity index (χ2v) is 9.23. The fourth-order valence-corrected chi connectivity index (χ4v) is 4.70. The number of imidazole rings is 1. The Morgan fingerprint density at radius 2 is 1.98 bits per heavy atom. The summed E-state index contributed by atoms with van der Waals surface area (Å²) in [5.41, 5.74) is 3.12. The summed E-state index contributed by atoms with van der Waals surface area (Å²) in [5, 5.41) is 2.91. The molecule has 0 fully saturated rings. The molecule has 3 heterocycles. The highest BCUT2D eigenvalue weighted by Crippen LogP contribution is 2.37. The van der Waals surface area contributed by atoms with Crippen LogP contribution in [-0.2, 0) is 28.8 Å². The van der Waals surface area contributed by atoms with Crippen molar-refractivity contribution in [1.82, 2.24) is 9.97 Å². The molecule has 10 heteroatoms. The highest BCUT2D eigenvalue weighted by molar-refractivity contribution is 5.74. The van der Waals surface area contributed by atoms with Crippen LogP contribution in [0.15, 0.2) is 54.9 Å². The fraction of sp³-hybridized carbons (Fsp3) is 0.267. The molecule has 0 spiro atoms. The van der Waals surface area contributed by atoms with Gasteiger partial charge in [-0.1, -0.05) is 18.2 Å². The quantitative estimate of drug-likeness (QED) is 0.271. The fourth-order valence-electron chi connectivity index (χ4n) is 4.70. The number of aromatic amines is 1. The molecule has 7 nitrogen and oxygen atoms in total. The molecule has 6 rings (SSSR count). The number of fused-ring (bicyclic) bond motifs is 2. The SMILES string of the molecule is CCOC(=O)Cc1cccc2c1OCCC2.Fc1ccc(Oc2c(F)cc3c(c2F)CCN3)cc1-c1ncc[nH]1. The van der Waals surface area contributed by atoms with Crippen molar-refractivity contribution < 1.29 is 32.2 Å². The number of anilines is 1. The molecule has 0 saturated carbocycles. The average Bonchev–Trinajstić information content (AvgIpc) is 3.66. The molecule has 0 saturated heterocycles. The maximum atomic E-state index is 14.5. The van der Waals surface area contributed by atoms with Gasteiger partial charge in [0.2, 0.25) is 0 Å². The van der Waals surface area contributed by atoms with Crippen LogP contribution in [-0.4, -0.2) is 35.7 Å². The molecule has 0 radical (unpaired) electrons. The van der Waals surface area contributed by atoms with Crippen LogP contribution in [0.4, 0.5) is 18.9 Å². The molecule has 40 heavy (non-hydrogen) atoms. The third kappa shape index (κ3) is 5.90. The van der Waals surface area contributed by atoms with Crippen molar-refractivity contribution in [2.75, 3.05) is 25.1 Å². The highest BCUT2D eigenvalue weighted by atomic mass is 19.1. The predicted molar refractivity (Wildman–Crippen MR) is 143 cm³/mol. The third-order valence-corrected chi connectivity index (χ3v) is 6.53. The van der Waals surface area contributed by atoms with Crippen LogP contribution in [0.25, 0.3) is 11.4 Å². The minimum absolute atomic E-state index is 0.117. The van der Waals surface area contributed by atoms with Gasteiger partial charge in [0, 0.05) is 41.8 Å². The summed E-state index contributed by atoms with van der Waals surface area (Å²) in [6, 6.07) is 11.0. The number of esters is 1. The lowest BCUT2D eigenvalue weighted by molar-refractivity contribution is -0.142. The van der Waals surface area contributed by atoms with Crippen molar-refractivity contribution in [3.05, 3.63) is 89.0 Å². The van der Waals surface area contributed by atoms with Crippen LogP contribution in [0, 0.1) is 17.5 Å². The number of hydrogen-bond donors (Lipinski definition) is 2. The van der Waals surface area contributed by atoms with Crippen molar-refractivity contribution in [3.63, 3.8) is 0 Å². The van der Waals surface area contributed by atoms with Gasteiger partial charge in [-0.2, -0.15) is 0 Å². The molecule has 4 aromatic rings. The standard InChI is InChI=1S/C17H12F3N3O.C13H16O3/c18-12-2-1-9(7-11(12)17-22-5-6-23-17)24-16-13(19)8-14-10(15(16)20)3-4-21-14;1-2-15-12(14)9-11-6-3-5-10-7-4-8-16-13(10)11/h1-2,5-8,21H,3-4H2,(H,22,23);3,5-6H,2,4,7-9H2,1H3. The lowest BCUT2D eigenvalue weighted by Gasteiger charge is -2.19. The Morgan fingerprint density at radius 3 is 2.77 bits per heavy atom. The van der Waals surface area contributed by atoms with Crippen LogP contribution in [0.5, 0.6) is 17.2 Å². The number of nitrogens with one attached hydrogen (secondary N) is 2. The first-order chi connectivity index (χ1) is 19.4. The molecular weight excluding hydrogens is 523 g/mol. The number of carbonyl (C=O) groups excluding carboxylic acids is 1. The largest absolute Gasteiger partial charge is 0.493 e. The van der Waals surface area contributed by atoms with Crippen molar-refractivity contribution in [3.8, 4) is 28.6 Å². The van der Waals surface area contributed by atoms with Gasteiger partial charge in [-0.25, -0.2) is 18.2 Å². The van der Waals surface area contributed by atoms with E-state index in [-0.39, 0.29) is 17.3 Å². The molecular formula is C30H28F3N3O4. The number of aromatic nitrogens is 2. The van der Waals surface area contributed by atoms with Crippen LogP contribution >= 0.6 is 0 Å². The van der Waals surface area contributed by atoms with Crippen molar-refractivity contribution in [2.24, 2.45) is 0 Å². The smallest absolute Gasteiger partial charge is 0.310 e. The molecule has 208 valence electrons. The molecule has 3 aromatic carbocycles. The van der Waals surface area contributed by atoms with Gasteiger partial charge < -0.3 is 24.5 Å². The Hall–Kier alpha value is -4.47. The van der Waals surface area contributed by atoms with Gasteiger partial charge in [-0.3, -0.25) is 4.79 Å². The number of benzene rings is 3. The Balaban J connectivity index is 0.000000176. The van der Waals surface area contributed by atoms with E-state index >= 15 is 0 Å². The van der Waals surface area contributed by atoms with Gasteiger partial charge in [0.1, 0.15) is 23.1 Å². The number of hydrogen-bond acceptors (Lipinski definition) is 6. The van der Waals surface area contributed by atoms with E-state index in [9.17, 15) is 18.0 Å².